The predicted octanol–water partition coefficient (Wildman–Crippen LogP) is 2.66. The number of nitrogens with zero attached hydrogens (tertiary/aromatic N) is 1. The number of amides is 1. The molecule has 4 atom stereocenters. The summed E-state index contributed by atoms with van der Waals surface area (Å²) in [4.78, 5) is 12.4. The first kappa shape index (κ1) is 14.2. The highest BCUT2D eigenvalue weighted by molar-refractivity contribution is 7.13. The molecular formula is C17H21N3OS. The average Bonchev–Trinajstić information content (AvgIpc) is 3.18. The summed E-state index contributed by atoms with van der Waals surface area (Å²) in [7, 11) is 0. The summed E-state index contributed by atoms with van der Waals surface area (Å²) >= 11 is 1.39. The Kier molecular flexibility index (Phi) is 3.62. The molecule has 2 aliphatic rings. The molecule has 2 N–H and O–H groups in total. The average molecular weight is 315 g/mol. The van der Waals surface area contributed by atoms with E-state index in [1.807, 2.05) is 24.3 Å². The van der Waals surface area contributed by atoms with Crippen molar-refractivity contribution in [3.05, 3.63) is 30.0 Å². The number of aromatic nitrogens is 1. The highest BCUT2D eigenvalue weighted by atomic mass is 32.1. The van der Waals surface area contributed by atoms with E-state index in [4.69, 9.17) is 0 Å². The lowest BCUT2D eigenvalue weighted by atomic mass is 9.94. The van der Waals surface area contributed by atoms with Gasteiger partial charge in [0.05, 0.1) is 4.70 Å². The zero-order valence-electron chi connectivity index (χ0n) is 12.7. The Balaban J connectivity index is 1.43. The van der Waals surface area contributed by atoms with Gasteiger partial charge < -0.3 is 10.6 Å². The molecule has 0 radical (unpaired) electrons. The molecule has 1 saturated carbocycles. The fourth-order valence-electron chi connectivity index (χ4n) is 4.19. The van der Waals surface area contributed by atoms with Gasteiger partial charge in [-0.15, -0.1) is 0 Å². The number of hydrogen-bond donors (Lipinski definition) is 2. The zero-order chi connectivity index (χ0) is 15.1. The van der Waals surface area contributed by atoms with Crippen molar-refractivity contribution in [1.82, 2.24) is 15.0 Å². The van der Waals surface area contributed by atoms with Crippen LogP contribution in [0.2, 0.25) is 0 Å². The highest BCUT2D eigenvalue weighted by Gasteiger charge is 2.41. The molecule has 1 aliphatic carbocycles. The Hall–Kier alpha value is -1.46. The monoisotopic (exact) mass is 315 g/mol. The van der Waals surface area contributed by atoms with Crippen molar-refractivity contribution in [2.24, 2.45) is 17.8 Å². The minimum Gasteiger partial charge on any atom is -0.349 e. The minimum atomic E-state index is -0.0475. The van der Waals surface area contributed by atoms with Gasteiger partial charge in [0.25, 0.3) is 5.91 Å². The number of fused-ring (bicyclic) bond motifs is 2. The van der Waals surface area contributed by atoms with Gasteiger partial charge in [0, 0.05) is 18.0 Å². The number of benzene rings is 1. The number of carbonyl (C=O) groups is 1. The van der Waals surface area contributed by atoms with Crippen LogP contribution in [0.1, 0.15) is 30.3 Å². The summed E-state index contributed by atoms with van der Waals surface area (Å²) in [6, 6.07) is 8.33. The third-order valence-electron chi connectivity index (χ3n) is 5.22. The fourth-order valence-corrected chi connectivity index (χ4v) is 4.96. The lowest BCUT2D eigenvalue weighted by molar-refractivity contribution is 0.0945. The van der Waals surface area contributed by atoms with Crippen molar-refractivity contribution in [3.63, 3.8) is 0 Å². The third-order valence-corrected chi connectivity index (χ3v) is 6.05. The van der Waals surface area contributed by atoms with Gasteiger partial charge in [-0.05, 0) is 54.7 Å². The zero-order valence-corrected chi connectivity index (χ0v) is 13.5. The molecule has 0 bridgehead atoms. The molecule has 1 aromatic carbocycles. The Morgan fingerprint density at radius 1 is 1.41 bits per heavy atom. The lowest BCUT2D eigenvalue weighted by Crippen LogP contribution is -2.40. The van der Waals surface area contributed by atoms with Crippen molar-refractivity contribution < 1.29 is 4.79 Å². The van der Waals surface area contributed by atoms with Crippen molar-refractivity contribution in [2.45, 2.75) is 25.8 Å². The number of rotatable bonds is 3. The topological polar surface area (TPSA) is 54.0 Å². The van der Waals surface area contributed by atoms with E-state index in [1.165, 1.54) is 24.4 Å². The summed E-state index contributed by atoms with van der Waals surface area (Å²) in [5, 5.41) is 7.63. The number of carbonyl (C=O) groups excluding carboxylic acids is 1. The molecule has 2 fully saturated rings. The maximum Gasteiger partial charge on any atom is 0.271 e. The standard InChI is InChI=1S/C17H21N3OS/c1-10-6-11-8-18-14(13(11)7-10)9-19-17(21)16-12-4-2-3-5-15(12)22-20-16/h2-5,10-11,13-14,18H,6-9H2,1H3,(H,19,21)/t10?,11-,13-,14+/m0/s1. The van der Waals surface area contributed by atoms with Crippen molar-refractivity contribution in [2.75, 3.05) is 13.1 Å². The van der Waals surface area contributed by atoms with Crippen molar-refractivity contribution in [3.8, 4) is 0 Å². The molecule has 5 heteroatoms. The van der Waals surface area contributed by atoms with E-state index in [0.29, 0.717) is 18.3 Å². The van der Waals surface area contributed by atoms with Gasteiger partial charge in [0.1, 0.15) is 5.69 Å². The van der Waals surface area contributed by atoms with E-state index < -0.39 is 0 Å². The van der Waals surface area contributed by atoms with E-state index in [-0.39, 0.29) is 5.91 Å². The summed E-state index contributed by atoms with van der Waals surface area (Å²) in [5.41, 5.74) is 0.565. The molecule has 1 aromatic heterocycles. The van der Waals surface area contributed by atoms with Crippen LogP contribution in [0.4, 0.5) is 0 Å². The fraction of sp³-hybridized carbons (Fsp3) is 0.529. The maximum atomic E-state index is 12.4. The van der Waals surface area contributed by atoms with Crippen LogP contribution in [-0.4, -0.2) is 29.4 Å². The summed E-state index contributed by atoms with van der Waals surface area (Å²) in [6.45, 7) is 4.16. The first-order chi connectivity index (χ1) is 10.7. The molecular weight excluding hydrogens is 294 g/mol. The molecule has 2 aromatic rings. The van der Waals surface area contributed by atoms with Gasteiger partial charge in [-0.3, -0.25) is 4.79 Å². The van der Waals surface area contributed by atoms with E-state index >= 15 is 0 Å². The second-order valence-corrected chi connectivity index (χ2v) is 7.56. The van der Waals surface area contributed by atoms with E-state index in [0.717, 1.165) is 34.4 Å². The van der Waals surface area contributed by atoms with Crippen LogP contribution in [0, 0.1) is 17.8 Å². The summed E-state index contributed by atoms with van der Waals surface area (Å²) < 4.78 is 5.39. The van der Waals surface area contributed by atoms with Crippen LogP contribution in [0.3, 0.4) is 0 Å². The van der Waals surface area contributed by atoms with Gasteiger partial charge >= 0.3 is 0 Å². The Bertz CT molecular complexity index is 698. The van der Waals surface area contributed by atoms with E-state index in [2.05, 4.69) is 21.9 Å². The number of nitrogens with one attached hydrogen (secondary N) is 2. The maximum absolute atomic E-state index is 12.4. The van der Waals surface area contributed by atoms with Gasteiger partial charge in [-0.2, -0.15) is 4.37 Å². The number of hydrogen-bond acceptors (Lipinski definition) is 4. The van der Waals surface area contributed by atoms with Gasteiger partial charge in [0.15, 0.2) is 0 Å². The molecule has 4 rings (SSSR count). The lowest BCUT2D eigenvalue weighted by Gasteiger charge is -2.19. The van der Waals surface area contributed by atoms with Crippen LogP contribution in [-0.2, 0) is 0 Å². The first-order valence-corrected chi connectivity index (χ1v) is 8.85. The molecule has 0 spiro atoms. The van der Waals surface area contributed by atoms with Crippen LogP contribution in [0.25, 0.3) is 10.1 Å². The van der Waals surface area contributed by atoms with E-state index in [1.54, 1.807) is 0 Å². The Labute approximate surface area is 134 Å². The normalized spacial score (nSPS) is 30.6. The van der Waals surface area contributed by atoms with Gasteiger partial charge in [0.2, 0.25) is 0 Å². The van der Waals surface area contributed by atoms with Crippen molar-refractivity contribution >= 4 is 27.5 Å². The predicted molar refractivity (Wildman–Crippen MR) is 89.1 cm³/mol. The molecule has 116 valence electrons. The summed E-state index contributed by atoms with van der Waals surface area (Å²) in [5.74, 6) is 2.31. The molecule has 1 saturated heterocycles. The molecule has 22 heavy (non-hydrogen) atoms. The van der Waals surface area contributed by atoms with Crippen LogP contribution in [0.5, 0.6) is 0 Å². The van der Waals surface area contributed by atoms with Gasteiger partial charge in [-0.25, -0.2) is 0 Å². The summed E-state index contributed by atoms with van der Waals surface area (Å²) in [6.07, 6.45) is 2.62. The quantitative estimate of drug-likeness (QED) is 0.915. The second kappa shape index (κ2) is 5.63. The van der Waals surface area contributed by atoms with Crippen LogP contribution in [0.15, 0.2) is 24.3 Å². The van der Waals surface area contributed by atoms with Crippen LogP contribution >= 0.6 is 11.5 Å². The smallest absolute Gasteiger partial charge is 0.271 e. The molecule has 2 heterocycles. The Morgan fingerprint density at radius 3 is 3.18 bits per heavy atom. The second-order valence-electron chi connectivity index (χ2n) is 6.75. The largest absolute Gasteiger partial charge is 0.349 e. The molecule has 1 unspecified atom stereocenters. The molecule has 1 amide bonds. The molecule has 1 aliphatic heterocycles. The SMILES string of the molecule is CC1C[C@H]2CN[C@H](CNC(=O)c3nsc4ccccc34)[C@H]2C1. The molecule has 4 nitrogen and oxygen atoms in total. The minimum absolute atomic E-state index is 0.0475. The highest BCUT2D eigenvalue weighted by Crippen LogP contribution is 2.41. The van der Waals surface area contributed by atoms with Crippen LogP contribution < -0.4 is 10.6 Å². The van der Waals surface area contributed by atoms with Gasteiger partial charge in [-0.1, -0.05) is 25.1 Å². The Morgan fingerprint density at radius 2 is 2.27 bits per heavy atom. The third kappa shape index (κ3) is 2.42. The van der Waals surface area contributed by atoms with E-state index in [9.17, 15) is 4.79 Å². The first-order valence-electron chi connectivity index (χ1n) is 8.08. The van der Waals surface area contributed by atoms with Crippen molar-refractivity contribution in [1.29, 1.82) is 0 Å².